The van der Waals surface area contributed by atoms with Gasteiger partial charge in [0.2, 0.25) is 0 Å². The molecule has 2 nitrogen and oxygen atoms in total. The highest BCUT2D eigenvalue weighted by molar-refractivity contribution is 9.10. The van der Waals surface area contributed by atoms with Gasteiger partial charge in [-0.15, -0.1) is 0 Å². The van der Waals surface area contributed by atoms with Crippen molar-refractivity contribution >= 4 is 55.1 Å². The topological polar surface area (TPSA) is 29.1 Å². The zero-order valence-electron chi connectivity index (χ0n) is 10.0. The first-order valence-electron chi connectivity index (χ1n) is 5.49. The van der Waals surface area contributed by atoms with E-state index in [0.717, 1.165) is 20.2 Å². The van der Waals surface area contributed by atoms with E-state index in [0.29, 0.717) is 10.6 Å². The fraction of sp³-hybridized carbons (Fsp3) is 0.0714. The molecule has 0 bridgehead atoms. The van der Waals surface area contributed by atoms with E-state index >= 15 is 0 Å². The molecule has 1 N–H and O–H groups in total. The summed E-state index contributed by atoms with van der Waals surface area (Å²) < 4.78 is 1.62. The molecule has 1 amide bonds. The van der Waals surface area contributed by atoms with E-state index in [4.69, 9.17) is 11.6 Å². The van der Waals surface area contributed by atoms with Crippen LogP contribution in [0, 0.1) is 6.92 Å². The zero-order chi connectivity index (χ0) is 14.0. The summed E-state index contributed by atoms with van der Waals surface area (Å²) in [6.07, 6.45) is 0. The first-order chi connectivity index (χ1) is 8.95. The molecule has 0 fully saturated rings. The van der Waals surface area contributed by atoms with E-state index in [-0.39, 0.29) is 5.91 Å². The van der Waals surface area contributed by atoms with Crippen molar-refractivity contribution in [2.24, 2.45) is 0 Å². The Labute approximate surface area is 133 Å². The van der Waals surface area contributed by atoms with Crippen LogP contribution in [0.15, 0.2) is 45.3 Å². The average molecular weight is 404 g/mol. The Hall–Kier alpha value is -0.840. The Bertz CT molecular complexity index is 623. The Morgan fingerprint density at radius 2 is 1.89 bits per heavy atom. The third-order valence-corrected chi connectivity index (χ3v) is 3.83. The molecule has 2 rings (SSSR count). The summed E-state index contributed by atoms with van der Waals surface area (Å²) in [4.78, 5) is 12.1. The summed E-state index contributed by atoms with van der Waals surface area (Å²) in [5.74, 6) is -0.201. The van der Waals surface area contributed by atoms with Crippen LogP contribution in [-0.4, -0.2) is 5.91 Å². The maximum absolute atomic E-state index is 12.1. The molecule has 98 valence electrons. The Balaban J connectivity index is 2.25. The van der Waals surface area contributed by atoms with Crippen LogP contribution in [0.2, 0.25) is 5.02 Å². The number of anilines is 1. The molecule has 0 heterocycles. The average Bonchev–Trinajstić information content (AvgIpc) is 2.31. The second-order valence-electron chi connectivity index (χ2n) is 4.10. The number of hydrogen-bond donors (Lipinski definition) is 1. The van der Waals surface area contributed by atoms with Crippen LogP contribution in [0.4, 0.5) is 5.69 Å². The molecule has 2 aromatic rings. The lowest BCUT2D eigenvalue weighted by Gasteiger charge is -2.08. The predicted octanol–water partition coefficient (Wildman–Crippen LogP) is 5.43. The fourth-order valence-corrected chi connectivity index (χ4v) is 3.05. The summed E-state index contributed by atoms with van der Waals surface area (Å²) >= 11 is 12.7. The van der Waals surface area contributed by atoms with Crippen molar-refractivity contribution in [1.82, 2.24) is 0 Å². The van der Waals surface area contributed by atoms with Gasteiger partial charge in [0.25, 0.3) is 5.91 Å². The fourth-order valence-electron chi connectivity index (χ4n) is 1.60. The van der Waals surface area contributed by atoms with Gasteiger partial charge in [-0.05, 0) is 58.7 Å². The molecule has 0 saturated carbocycles. The van der Waals surface area contributed by atoms with E-state index in [1.54, 1.807) is 18.2 Å². The van der Waals surface area contributed by atoms with Crippen LogP contribution in [-0.2, 0) is 0 Å². The van der Waals surface area contributed by atoms with Gasteiger partial charge in [0, 0.05) is 19.5 Å². The number of carbonyl (C=O) groups excluding carboxylic acids is 1. The third-order valence-electron chi connectivity index (χ3n) is 2.50. The third kappa shape index (κ3) is 3.81. The molecule has 0 aliphatic carbocycles. The van der Waals surface area contributed by atoms with Gasteiger partial charge < -0.3 is 5.32 Å². The molecule has 5 heteroatoms. The van der Waals surface area contributed by atoms with Crippen molar-refractivity contribution in [3.05, 3.63) is 61.5 Å². The van der Waals surface area contributed by atoms with Gasteiger partial charge in [-0.25, -0.2) is 0 Å². The summed E-state index contributed by atoms with van der Waals surface area (Å²) in [5.41, 5.74) is 2.36. The minimum atomic E-state index is -0.201. The van der Waals surface area contributed by atoms with Crippen molar-refractivity contribution < 1.29 is 4.79 Å². The van der Waals surface area contributed by atoms with Gasteiger partial charge in [0.15, 0.2) is 0 Å². The molecule has 0 spiro atoms. The van der Waals surface area contributed by atoms with Gasteiger partial charge in [-0.2, -0.15) is 0 Å². The number of carbonyl (C=O) groups is 1. The summed E-state index contributed by atoms with van der Waals surface area (Å²) in [6.45, 7) is 1.99. The number of hydrogen-bond acceptors (Lipinski definition) is 1. The number of nitrogens with one attached hydrogen (secondary N) is 1. The van der Waals surface area contributed by atoms with Crippen LogP contribution in [0.1, 0.15) is 15.9 Å². The normalized spacial score (nSPS) is 10.3. The maximum Gasteiger partial charge on any atom is 0.255 e. The molecule has 2 aromatic carbocycles. The molecular formula is C14H10Br2ClNO. The van der Waals surface area contributed by atoms with Crippen molar-refractivity contribution in [2.45, 2.75) is 6.92 Å². The van der Waals surface area contributed by atoms with Crippen LogP contribution in [0.5, 0.6) is 0 Å². The smallest absolute Gasteiger partial charge is 0.255 e. The van der Waals surface area contributed by atoms with E-state index in [1.165, 1.54) is 0 Å². The molecule has 0 aliphatic rings. The van der Waals surface area contributed by atoms with Crippen LogP contribution in [0.25, 0.3) is 0 Å². The molecule has 0 aliphatic heterocycles. The Morgan fingerprint density at radius 1 is 1.16 bits per heavy atom. The van der Waals surface area contributed by atoms with Gasteiger partial charge in [-0.3, -0.25) is 4.79 Å². The van der Waals surface area contributed by atoms with Crippen molar-refractivity contribution in [3.63, 3.8) is 0 Å². The molecular weight excluding hydrogens is 393 g/mol. The number of amides is 1. The van der Waals surface area contributed by atoms with Crippen molar-refractivity contribution in [3.8, 4) is 0 Å². The molecule has 0 unspecified atom stereocenters. The summed E-state index contributed by atoms with van der Waals surface area (Å²) in [7, 11) is 0. The predicted molar refractivity (Wildman–Crippen MR) is 86.0 cm³/mol. The van der Waals surface area contributed by atoms with E-state index in [1.807, 2.05) is 25.1 Å². The number of aryl methyl sites for hydroxylation is 1. The number of halogens is 3. The lowest BCUT2D eigenvalue weighted by molar-refractivity contribution is 0.102. The second-order valence-corrected chi connectivity index (χ2v) is 6.30. The summed E-state index contributed by atoms with van der Waals surface area (Å²) in [6, 6.07) is 10.8. The van der Waals surface area contributed by atoms with Gasteiger partial charge >= 0.3 is 0 Å². The number of benzene rings is 2. The molecule has 0 saturated heterocycles. The van der Waals surface area contributed by atoms with Gasteiger partial charge in [0.1, 0.15) is 0 Å². The van der Waals surface area contributed by atoms with E-state index < -0.39 is 0 Å². The Morgan fingerprint density at radius 3 is 2.53 bits per heavy atom. The van der Waals surface area contributed by atoms with Crippen LogP contribution >= 0.6 is 43.5 Å². The highest BCUT2D eigenvalue weighted by atomic mass is 79.9. The quantitative estimate of drug-likeness (QED) is 0.712. The molecule has 0 aromatic heterocycles. The monoisotopic (exact) mass is 401 g/mol. The first kappa shape index (κ1) is 14.6. The maximum atomic E-state index is 12.1. The van der Waals surface area contributed by atoms with E-state index in [2.05, 4.69) is 37.2 Å². The highest BCUT2D eigenvalue weighted by Crippen LogP contribution is 2.25. The molecule has 0 radical (unpaired) electrons. The van der Waals surface area contributed by atoms with Crippen LogP contribution < -0.4 is 5.32 Å². The van der Waals surface area contributed by atoms with Crippen LogP contribution in [0.3, 0.4) is 0 Å². The minimum absolute atomic E-state index is 0.201. The second kappa shape index (κ2) is 6.07. The van der Waals surface area contributed by atoms with Gasteiger partial charge in [-0.1, -0.05) is 33.6 Å². The molecule has 19 heavy (non-hydrogen) atoms. The lowest BCUT2D eigenvalue weighted by atomic mass is 10.2. The largest absolute Gasteiger partial charge is 0.321 e. The lowest BCUT2D eigenvalue weighted by Crippen LogP contribution is -2.12. The SMILES string of the molecule is Cc1ccc(NC(=O)c2cc(Cl)cc(Br)c2)c(Br)c1. The molecule has 0 atom stereocenters. The van der Waals surface area contributed by atoms with Crippen molar-refractivity contribution in [2.75, 3.05) is 5.32 Å². The van der Waals surface area contributed by atoms with Gasteiger partial charge in [0.05, 0.1) is 5.69 Å². The van der Waals surface area contributed by atoms with Crippen molar-refractivity contribution in [1.29, 1.82) is 0 Å². The van der Waals surface area contributed by atoms with E-state index in [9.17, 15) is 4.79 Å². The number of rotatable bonds is 2. The summed E-state index contributed by atoms with van der Waals surface area (Å²) in [5, 5.41) is 3.36. The zero-order valence-corrected chi connectivity index (χ0v) is 13.9. The Kier molecular flexibility index (Phi) is 4.66. The first-order valence-corrected chi connectivity index (χ1v) is 7.46. The highest BCUT2D eigenvalue weighted by Gasteiger charge is 2.10. The standard InChI is InChI=1S/C14H10Br2ClNO/c1-8-2-3-13(12(16)4-8)18-14(19)9-5-10(15)7-11(17)6-9/h2-7H,1H3,(H,18,19). The minimum Gasteiger partial charge on any atom is -0.321 e.